The quantitative estimate of drug-likeness (QED) is 0.478. The van der Waals surface area contributed by atoms with Crippen LogP contribution in [0.25, 0.3) is 0 Å². The van der Waals surface area contributed by atoms with E-state index in [0.717, 1.165) is 6.07 Å². The molecule has 16 heavy (non-hydrogen) atoms. The summed E-state index contributed by atoms with van der Waals surface area (Å²) < 4.78 is 37.3. The molecule has 1 aromatic carbocycles. The molecule has 0 N–H and O–H groups in total. The lowest BCUT2D eigenvalue weighted by molar-refractivity contribution is -0.385. The Morgan fingerprint density at radius 1 is 1.38 bits per heavy atom. The summed E-state index contributed by atoms with van der Waals surface area (Å²) in [5.74, 6) is 0. The predicted molar refractivity (Wildman–Crippen MR) is 51.2 cm³/mol. The molecule has 0 atom stereocenters. The van der Waals surface area contributed by atoms with Crippen molar-refractivity contribution in [1.29, 1.82) is 0 Å². The molecule has 0 saturated carbocycles. The Kier molecular flexibility index (Phi) is 3.32. The van der Waals surface area contributed by atoms with Crippen LogP contribution in [0.2, 0.25) is 0 Å². The second-order valence-electron chi connectivity index (χ2n) is 2.76. The van der Waals surface area contributed by atoms with Crippen LogP contribution in [-0.2, 0) is 6.18 Å². The summed E-state index contributed by atoms with van der Waals surface area (Å²) in [6.45, 7) is 0. The van der Waals surface area contributed by atoms with Gasteiger partial charge in [0.1, 0.15) is 5.56 Å². The third-order valence-electron chi connectivity index (χ3n) is 1.74. The number of carbonyl (C=O) groups excluding carboxylic acids is 1. The van der Waals surface area contributed by atoms with Crippen LogP contribution < -0.4 is 0 Å². The number of hydrogen-bond donors (Lipinski definition) is 0. The van der Waals surface area contributed by atoms with Crippen LogP contribution in [0, 0.1) is 10.1 Å². The number of alkyl halides is 3. The number of nitrogens with zero attached hydrogens (tertiary/aromatic N) is 1. The highest BCUT2D eigenvalue weighted by molar-refractivity contribution is 9.10. The zero-order valence-electron chi connectivity index (χ0n) is 7.42. The summed E-state index contributed by atoms with van der Waals surface area (Å²) in [6, 6.07) is 1.47. The Morgan fingerprint density at radius 3 is 2.31 bits per heavy atom. The molecule has 0 spiro atoms. The van der Waals surface area contributed by atoms with Crippen molar-refractivity contribution in [3.05, 3.63) is 37.8 Å². The van der Waals surface area contributed by atoms with Crippen molar-refractivity contribution in [2.45, 2.75) is 6.18 Å². The maximum Gasteiger partial charge on any atom is 0.417 e. The molecule has 86 valence electrons. The Balaban J connectivity index is 3.61. The first-order valence-electron chi connectivity index (χ1n) is 3.77. The van der Waals surface area contributed by atoms with Crippen LogP contribution in [0.5, 0.6) is 0 Å². The molecule has 0 amide bonds. The number of nitro groups is 1. The molecule has 0 heterocycles. The molecule has 8 heteroatoms. The predicted octanol–water partition coefficient (Wildman–Crippen LogP) is 3.19. The van der Waals surface area contributed by atoms with Gasteiger partial charge in [0.15, 0.2) is 6.29 Å². The maximum atomic E-state index is 12.5. The van der Waals surface area contributed by atoms with Gasteiger partial charge < -0.3 is 0 Å². The molecule has 0 aliphatic heterocycles. The molecular formula is C8H3BrF3NO3. The minimum absolute atomic E-state index is 0.114. The van der Waals surface area contributed by atoms with E-state index in [1.807, 2.05) is 0 Å². The standard InChI is InChI=1S/C8H3BrF3NO3/c9-4-1-6(8(10,11)12)5(3-14)7(2-4)13(15)16/h1-3H. The Labute approximate surface area is 95.3 Å². The van der Waals surface area contributed by atoms with Crippen LogP contribution in [0.1, 0.15) is 15.9 Å². The number of nitro benzene ring substituents is 1. The molecular weight excluding hydrogens is 295 g/mol. The topological polar surface area (TPSA) is 60.2 Å². The Morgan fingerprint density at radius 2 is 1.94 bits per heavy atom. The van der Waals surface area contributed by atoms with Crippen LogP contribution in [-0.4, -0.2) is 11.2 Å². The molecule has 1 rings (SSSR count). The summed E-state index contributed by atoms with van der Waals surface area (Å²) >= 11 is 2.72. The van der Waals surface area contributed by atoms with Crippen LogP contribution in [0.3, 0.4) is 0 Å². The lowest BCUT2D eigenvalue weighted by atomic mass is 10.1. The average molecular weight is 298 g/mol. The number of aldehydes is 1. The van der Waals surface area contributed by atoms with E-state index in [-0.39, 0.29) is 10.8 Å². The lowest BCUT2D eigenvalue weighted by Crippen LogP contribution is -2.11. The van der Waals surface area contributed by atoms with Crippen molar-refractivity contribution in [3.8, 4) is 0 Å². The van der Waals surface area contributed by atoms with Gasteiger partial charge in [-0.3, -0.25) is 14.9 Å². The molecule has 0 saturated heterocycles. The second kappa shape index (κ2) is 4.20. The van der Waals surface area contributed by atoms with E-state index in [2.05, 4.69) is 15.9 Å². The van der Waals surface area contributed by atoms with Gasteiger partial charge in [-0.2, -0.15) is 13.2 Å². The van der Waals surface area contributed by atoms with E-state index < -0.39 is 27.9 Å². The number of carbonyl (C=O) groups is 1. The normalized spacial score (nSPS) is 11.2. The van der Waals surface area contributed by atoms with E-state index in [1.165, 1.54) is 0 Å². The Bertz CT molecular complexity index is 459. The summed E-state index contributed by atoms with van der Waals surface area (Å²) in [5, 5.41) is 10.5. The fourth-order valence-corrected chi connectivity index (χ4v) is 1.56. The fraction of sp³-hybridized carbons (Fsp3) is 0.125. The van der Waals surface area contributed by atoms with Crippen LogP contribution in [0.4, 0.5) is 18.9 Å². The molecule has 0 aliphatic carbocycles. The third kappa shape index (κ3) is 2.38. The summed E-state index contributed by atoms with van der Waals surface area (Å²) in [6.07, 6.45) is -4.99. The van der Waals surface area contributed by atoms with Crippen molar-refractivity contribution in [3.63, 3.8) is 0 Å². The first-order chi connectivity index (χ1) is 7.27. The van der Waals surface area contributed by atoms with Gasteiger partial charge >= 0.3 is 6.18 Å². The van der Waals surface area contributed by atoms with Crippen molar-refractivity contribution in [1.82, 2.24) is 0 Å². The Hall–Kier alpha value is -1.44. The van der Waals surface area contributed by atoms with Gasteiger partial charge in [-0.1, -0.05) is 15.9 Å². The molecule has 4 nitrogen and oxygen atoms in total. The first kappa shape index (κ1) is 12.6. The van der Waals surface area contributed by atoms with Gasteiger partial charge in [-0.25, -0.2) is 0 Å². The van der Waals surface area contributed by atoms with E-state index in [9.17, 15) is 28.1 Å². The highest BCUT2D eigenvalue weighted by Gasteiger charge is 2.37. The zero-order chi connectivity index (χ0) is 12.5. The summed E-state index contributed by atoms with van der Waals surface area (Å²) in [4.78, 5) is 19.9. The number of rotatable bonds is 2. The van der Waals surface area contributed by atoms with E-state index in [1.54, 1.807) is 0 Å². The number of benzene rings is 1. The summed E-state index contributed by atoms with van der Waals surface area (Å²) in [5.41, 5.74) is -3.18. The minimum atomic E-state index is -4.81. The SMILES string of the molecule is O=Cc1c([N+](=O)[O-])cc(Br)cc1C(F)(F)F. The third-order valence-corrected chi connectivity index (χ3v) is 2.20. The van der Waals surface area contributed by atoms with E-state index >= 15 is 0 Å². The monoisotopic (exact) mass is 297 g/mol. The second-order valence-corrected chi connectivity index (χ2v) is 3.67. The van der Waals surface area contributed by atoms with Gasteiger partial charge in [0.2, 0.25) is 0 Å². The molecule has 0 aromatic heterocycles. The zero-order valence-corrected chi connectivity index (χ0v) is 9.00. The first-order valence-corrected chi connectivity index (χ1v) is 4.57. The average Bonchev–Trinajstić information content (AvgIpc) is 2.14. The van der Waals surface area contributed by atoms with Crippen molar-refractivity contribution >= 4 is 27.9 Å². The number of halogens is 4. The molecule has 0 bridgehead atoms. The largest absolute Gasteiger partial charge is 0.417 e. The summed E-state index contributed by atoms with van der Waals surface area (Å²) in [7, 11) is 0. The van der Waals surface area contributed by atoms with Crippen molar-refractivity contribution in [2.75, 3.05) is 0 Å². The van der Waals surface area contributed by atoms with Crippen molar-refractivity contribution < 1.29 is 22.9 Å². The van der Waals surface area contributed by atoms with Crippen LogP contribution >= 0.6 is 15.9 Å². The van der Waals surface area contributed by atoms with E-state index in [0.29, 0.717) is 6.07 Å². The van der Waals surface area contributed by atoms with E-state index in [4.69, 9.17) is 0 Å². The molecule has 0 aliphatic rings. The van der Waals surface area contributed by atoms with Crippen molar-refractivity contribution in [2.24, 2.45) is 0 Å². The molecule has 0 fully saturated rings. The van der Waals surface area contributed by atoms with Gasteiger partial charge in [0.05, 0.1) is 10.5 Å². The molecule has 0 unspecified atom stereocenters. The van der Waals surface area contributed by atoms with Crippen LogP contribution in [0.15, 0.2) is 16.6 Å². The minimum Gasteiger partial charge on any atom is -0.298 e. The maximum absolute atomic E-state index is 12.5. The molecule has 0 radical (unpaired) electrons. The van der Waals surface area contributed by atoms with Gasteiger partial charge in [-0.15, -0.1) is 0 Å². The van der Waals surface area contributed by atoms with Gasteiger partial charge in [0.25, 0.3) is 5.69 Å². The fourth-order valence-electron chi connectivity index (χ4n) is 1.11. The van der Waals surface area contributed by atoms with Gasteiger partial charge in [-0.05, 0) is 6.07 Å². The lowest BCUT2D eigenvalue weighted by Gasteiger charge is -2.09. The number of hydrogen-bond acceptors (Lipinski definition) is 3. The highest BCUT2D eigenvalue weighted by Crippen LogP contribution is 2.37. The highest BCUT2D eigenvalue weighted by atomic mass is 79.9. The molecule has 1 aromatic rings. The smallest absolute Gasteiger partial charge is 0.298 e. The van der Waals surface area contributed by atoms with Gasteiger partial charge in [0, 0.05) is 10.5 Å².